The molecule has 104 valence electrons. The van der Waals surface area contributed by atoms with Gasteiger partial charge in [0.15, 0.2) is 17.3 Å². The summed E-state index contributed by atoms with van der Waals surface area (Å²) < 4.78 is 31.8. The monoisotopic (exact) mass is 296 g/mol. The van der Waals surface area contributed by atoms with Gasteiger partial charge >= 0.3 is 0 Å². The van der Waals surface area contributed by atoms with E-state index >= 15 is 0 Å². The molecule has 0 aromatic heterocycles. The minimum atomic E-state index is -0.642. The summed E-state index contributed by atoms with van der Waals surface area (Å²) in [5.41, 5.74) is 0.278. The van der Waals surface area contributed by atoms with Crippen LogP contribution in [0.15, 0.2) is 42.5 Å². The van der Waals surface area contributed by atoms with E-state index in [-0.39, 0.29) is 35.1 Å². The highest BCUT2D eigenvalue weighted by molar-refractivity contribution is 6.32. The lowest BCUT2D eigenvalue weighted by molar-refractivity contribution is -0.120. The number of halogens is 3. The van der Waals surface area contributed by atoms with Crippen LogP contribution in [0.2, 0.25) is 5.02 Å². The molecule has 0 amide bonds. The molecule has 0 aliphatic carbocycles. The first kappa shape index (κ1) is 14.5. The fourth-order valence-electron chi connectivity index (χ4n) is 1.68. The van der Waals surface area contributed by atoms with Gasteiger partial charge in [-0.05, 0) is 23.8 Å². The Hall–Kier alpha value is -1.94. The molecule has 0 aliphatic rings. The summed E-state index contributed by atoms with van der Waals surface area (Å²) in [5, 5.41) is 0.0868. The van der Waals surface area contributed by atoms with Crippen LogP contribution in [0.5, 0.6) is 5.75 Å². The minimum absolute atomic E-state index is 0.0868. The molecule has 2 aromatic carbocycles. The van der Waals surface area contributed by atoms with Crippen molar-refractivity contribution in [2.45, 2.75) is 6.42 Å². The van der Waals surface area contributed by atoms with Crippen LogP contribution >= 0.6 is 11.6 Å². The van der Waals surface area contributed by atoms with Crippen LogP contribution in [0.25, 0.3) is 0 Å². The molecular formula is C15H11ClF2O2. The van der Waals surface area contributed by atoms with Crippen LogP contribution in [0, 0.1) is 11.6 Å². The Bertz CT molecular complexity index is 609. The third-order valence-electron chi connectivity index (χ3n) is 2.64. The molecule has 20 heavy (non-hydrogen) atoms. The molecule has 2 aromatic rings. The van der Waals surface area contributed by atoms with Gasteiger partial charge in [0.2, 0.25) is 0 Å². The quantitative estimate of drug-likeness (QED) is 0.838. The minimum Gasteiger partial charge on any atom is -0.481 e. The Balaban J connectivity index is 1.98. The van der Waals surface area contributed by atoms with Gasteiger partial charge in [-0.2, -0.15) is 0 Å². The van der Waals surface area contributed by atoms with E-state index in [2.05, 4.69) is 0 Å². The molecule has 0 N–H and O–H groups in total. The SMILES string of the molecule is O=C(COc1c(F)cccc1Cl)Cc1ccccc1F. The van der Waals surface area contributed by atoms with E-state index in [9.17, 15) is 13.6 Å². The van der Waals surface area contributed by atoms with Gasteiger partial charge in [0.05, 0.1) is 5.02 Å². The van der Waals surface area contributed by atoms with Crippen molar-refractivity contribution >= 4 is 17.4 Å². The molecular weight excluding hydrogens is 286 g/mol. The molecule has 0 saturated carbocycles. The van der Waals surface area contributed by atoms with E-state index < -0.39 is 11.6 Å². The Kier molecular flexibility index (Phi) is 4.69. The molecule has 0 bridgehead atoms. The van der Waals surface area contributed by atoms with Crippen LogP contribution in [-0.4, -0.2) is 12.4 Å². The number of benzene rings is 2. The number of hydrogen-bond donors (Lipinski definition) is 0. The number of rotatable bonds is 5. The van der Waals surface area contributed by atoms with Crippen molar-refractivity contribution in [2.24, 2.45) is 0 Å². The Morgan fingerprint density at radius 1 is 1.05 bits per heavy atom. The van der Waals surface area contributed by atoms with E-state index in [1.165, 1.54) is 30.3 Å². The molecule has 0 unspecified atom stereocenters. The zero-order chi connectivity index (χ0) is 14.5. The van der Waals surface area contributed by atoms with Crippen molar-refractivity contribution in [1.29, 1.82) is 0 Å². The second-order valence-corrected chi connectivity index (χ2v) is 4.55. The first-order valence-corrected chi connectivity index (χ1v) is 6.27. The van der Waals surface area contributed by atoms with Gasteiger partial charge < -0.3 is 4.74 Å². The van der Waals surface area contributed by atoms with Crippen molar-refractivity contribution in [3.05, 3.63) is 64.7 Å². The van der Waals surface area contributed by atoms with E-state index in [1.807, 2.05) is 0 Å². The fourth-order valence-corrected chi connectivity index (χ4v) is 1.90. The third-order valence-corrected chi connectivity index (χ3v) is 2.94. The Labute approximate surface area is 119 Å². The predicted octanol–water partition coefficient (Wildman–Crippen LogP) is 3.81. The molecule has 0 aliphatic heterocycles. The number of hydrogen-bond acceptors (Lipinski definition) is 2. The van der Waals surface area contributed by atoms with Gasteiger partial charge in [-0.15, -0.1) is 0 Å². The standard InChI is InChI=1S/C15H11ClF2O2/c16-12-5-3-7-14(18)15(12)20-9-11(19)8-10-4-1-2-6-13(10)17/h1-7H,8-9H2. The van der Waals surface area contributed by atoms with Gasteiger partial charge in [-0.25, -0.2) is 8.78 Å². The largest absolute Gasteiger partial charge is 0.481 e. The van der Waals surface area contributed by atoms with Gasteiger partial charge in [0.1, 0.15) is 12.4 Å². The van der Waals surface area contributed by atoms with E-state index in [0.29, 0.717) is 0 Å². The van der Waals surface area contributed by atoms with E-state index in [1.54, 1.807) is 12.1 Å². The van der Waals surface area contributed by atoms with Crippen molar-refractivity contribution in [3.8, 4) is 5.75 Å². The number of ether oxygens (including phenoxy) is 1. The van der Waals surface area contributed by atoms with Crippen LogP contribution in [0.4, 0.5) is 8.78 Å². The maximum Gasteiger partial charge on any atom is 0.174 e. The lowest BCUT2D eigenvalue weighted by Crippen LogP contribution is -2.15. The number of ketones is 1. The maximum atomic E-state index is 13.4. The second-order valence-electron chi connectivity index (χ2n) is 4.15. The number of carbonyl (C=O) groups is 1. The number of Topliss-reactive ketones (excluding diaryl/α,β-unsaturated/α-hetero) is 1. The molecule has 5 heteroatoms. The van der Waals surface area contributed by atoms with Crippen LogP contribution < -0.4 is 4.74 Å². The molecule has 0 atom stereocenters. The van der Waals surface area contributed by atoms with Crippen molar-refractivity contribution in [2.75, 3.05) is 6.61 Å². The van der Waals surface area contributed by atoms with Crippen LogP contribution in [0.3, 0.4) is 0 Å². The smallest absolute Gasteiger partial charge is 0.174 e. The number of carbonyl (C=O) groups excluding carboxylic acids is 1. The first-order chi connectivity index (χ1) is 9.58. The summed E-state index contributed by atoms with van der Waals surface area (Å²) in [5.74, 6) is -1.63. The Morgan fingerprint density at radius 2 is 1.75 bits per heavy atom. The molecule has 0 fully saturated rings. The van der Waals surface area contributed by atoms with Crippen molar-refractivity contribution < 1.29 is 18.3 Å². The zero-order valence-electron chi connectivity index (χ0n) is 10.4. The van der Waals surface area contributed by atoms with E-state index in [0.717, 1.165) is 0 Å². The van der Waals surface area contributed by atoms with Crippen molar-refractivity contribution in [1.82, 2.24) is 0 Å². The van der Waals surface area contributed by atoms with Crippen molar-refractivity contribution in [3.63, 3.8) is 0 Å². The van der Waals surface area contributed by atoms with Crippen LogP contribution in [-0.2, 0) is 11.2 Å². The summed E-state index contributed by atoms with van der Waals surface area (Å²) in [6, 6.07) is 10.1. The topological polar surface area (TPSA) is 26.3 Å². The highest BCUT2D eigenvalue weighted by atomic mass is 35.5. The average molecular weight is 297 g/mol. The zero-order valence-corrected chi connectivity index (χ0v) is 11.2. The van der Waals surface area contributed by atoms with Gasteiger partial charge in [-0.3, -0.25) is 4.79 Å². The molecule has 0 saturated heterocycles. The molecule has 2 rings (SSSR count). The summed E-state index contributed by atoms with van der Waals surface area (Å²) in [7, 11) is 0. The summed E-state index contributed by atoms with van der Waals surface area (Å²) in [6.07, 6.45) is -0.112. The molecule has 0 heterocycles. The summed E-state index contributed by atoms with van der Waals surface area (Å²) in [6.45, 7) is -0.366. The first-order valence-electron chi connectivity index (χ1n) is 5.90. The summed E-state index contributed by atoms with van der Waals surface area (Å²) in [4.78, 5) is 11.7. The fraction of sp³-hybridized carbons (Fsp3) is 0.133. The second kappa shape index (κ2) is 6.48. The van der Waals surface area contributed by atoms with Gasteiger partial charge in [0.25, 0.3) is 0 Å². The lowest BCUT2D eigenvalue weighted by Gasteiger charge is -2.08. The number of para-hydroxylation sites is 1. The van der Waals surface area contributed by atoms with Gasteiger partial charge in [-0.1, -0.05) is 35.9 Å². The molecule has 2 nitrogen and oxygen atoms in total. The third kappa shape index (κ3) is 3.54. The predicted molar refractivity (Wildman–Crippen MR) is 72.0 cm³/mol. The lowest BCUT2D eigenvalue weighted by atomic mass is 10.1. The highest BCUT2D eigenvalue weighted by Crippen LogP contribution is 2.27. The average Bonchev–Trinajstić information content (AvgIpc) is 2.41. The highest BCUT2D eigenvalue weighted by Gasteiger charge is 2.12. The summed E-state index contributed by atoms with van der Waals surface area (Å²) >= 11 is 5.76. The molecule has 0 spiro atoms. The van der Waals surface area contributed by atoms with Gasteiger partial charge in [0, 0.05) is 6.42 Å². The van der Waals surface area contributed by atoms with Crippen LogP contribution in [0.1, 0.15) is 5.56 Å². The van der Waals surface area contributed by atoms with E-state index in [4.69, 9.17) is 16.3 Å². The normalized spacial score (nSPS) is 10.3. The molecule has 0 radical (unpaired) electrons. The Morgan fingerprint density at radius 3 is 2.45 bits per heavy atom. The maximum absolute atomic E-state index is 13.4.